The number of hydrogen-bond donors (Lipinski definition) is 1. The smallest absolute Gasteiger partial charge is 0.330 e. The van der Waals surface area contributed by atoms with E-state index in [4.69, 9.17) is 0 Å². The third-order valence-corrected chi connectivity index (χ3v) is 5.86. The fourth-order valence-corrected chi connectivity index (χ4v) is 4.34. The van der Waals surface area contributed by atoms with Crippen molar-refractivity contribution in [3.8, 4) is 0 Å². The number of aryl methyl sites for hydroxylation is 1. The first-order chi connectivity index (χ1) is 14.2. The number of nitrogens with zero attached hydrogens (tertiary/aromatic N) is 1. The van der Waals surface area contributed by atoms with E-state index in [1.54, 1.807) is 6.08 Å². The number of ether oxygens (including phenoxy) is 1. The van der Waals surface area contributed by atoms with Gasteiger partial charge in [-0.3, -0.25) is 4.90 Å². The number of fused-ring (bicyclic) bond motifs is 1. The lowest BCUT2D eigenvalue weighted by atomic mass is 10.0. The third kappa shape index (κ3) is 4.60. The van der Waals surface area contributed by atoms with Crippen molar-refractivity contribution in [1.82, 2.24) is 9.88 Å². The molecule has 4 heteroatoms. The molecule has 0 spiro atoms. The first-order valence-electron chi connectivity index (χ1n) is 10.4. The Bertz CT molecular complexity index is 987. The summed E-state index contributed by atoms with van der Waals surface area (Å²) in [6.07, 6.45) is 10.1. The first kappa shape index (κ1) is 19.5. The van der Waals surface area contributed by atoms with Gasteiger partial charge in [-0.1, -0.05) is 42.5 Å². The maximum Gasteiger partial charge on any atom is 0.330 e. The zero-order valence-corrected chi connectivity index (χ0v) is 16.9. The van der Waals surface area contributed by atoms with Gasteiger partial charge in [0.15, 0.2) is 0 Å². The highest BCUT2D eigenvalue weighted by molar-refractivity contribution is 5.86. The number of rotatable bonds is 7. The summed E-state index contributed by atoms with van der Waals surface area (Å²) in [5.74, 6) is -0.328. The Balaban J connectivity index is 1.35. The van der Waals surface area contributed by atoms with E-state index in [0.29, 0.717) is 6.04 Å². The average molecular weight is 389 g/mol. The van der Waals surface area contributed by atoms with Crippen molar-refractivity contribution < 1.29 is 9.53 Å². The van der Waals surface area contributed by atoms with Crippen LogP contribution < -0.4 is 0 Å². The van der Waals surface area contributed by atoms with Gasteiger partial charge in [-0.25, -0.2) is 4.79 Å². The topological polar surface area (TPSA) is 45.3 Å². The Labute approximate surface area is 172 Å². The summed E-state index contributed by atoms with van der Waals surface area (Å²) in [5.41, 5.74) is 5.02. The fraction of sp³-hybridized carbons (Fsp3) is 0.320. The van der Waals surface area contributed by atoms with Gasteiger partial charge in [0, 0.05) is 29.2 Å². The van der Waals surface area contributed by atoms with Crippen molar-refractivity contribution in [3.05, 3.63) is 77.5 Å². The molecule has 3 aromatic rings. The second-order valence-corrected chi connectivity index (χ2v) is 7.68. The molecule has 1 saturated heterocycles. The van der Waals surface area contributed by atoms with E-state index in [-0.39, 0.29) is 5.97 Å². The van der Waals surface area contributed by atoms with Gasteiger partial charge in [0.05, 0.1) is 7.11 Å². The average Bonchev–Trinajstić information content (AvgIpc) is 3.40. The van der Waals surface area contributed by atoms with Gasteiger partial charge in [-0.2, -0.15) is 0 Å². The number of hydrogen-bond acceptors (Lipinski definition) is 3. The molecule has 0 bridgehead atoms. The van der Waals surface area contributed by atoms with Crippen molar-refractivity contribution in [2.24, 2.45) is 0 Å². The number of carbonyl (C=O) groups is 1. The summed E-state index contributed by atoms with van der Waals surface area (Å²) in [6, 6.07) is 17.6. The molecule has 0 aliphatic carbocycles. The Kier molecular flexibility index (Phi) is 6.11. The largest absolute Gasteiger partial charge is 0.466 e. The summed E-state index contributed by atoms with van der Waals surface area (Å²) in [4.78, 5) is 17.2. The minimum Gasteiger partial charge on any atom is -0.466 e. The zero-order chi connectivity index (χ0) is 20.1. The molecule has 2 aromatic carbocycles. The second-order valence-electron chi connectivity index (χ2n) is 7.68. The van der Waals surface area contributed by atoms with E-state index in [0.717, 1.165) is 24.9 Å². The fourth-order valence-electron chi connectivity index (χ4n) is 4.34. The van der Waals surface area contributed by atoms with Crippen molar-refractivity contribution in [1.29, 1.82) is 0 Å². The Morgan fingerprint density at radius 2 is 2.03 bits per heavy atom. The van der Waals surface area contributed by atoms with Crippen LogP contribution in [-0.4, -0.2) is 36.1 Å². The van der Waals surface area contributed by atoms with Crippen LogP contribution in [0.1, 0.15) is 42.0 Å². The highest BCUT2D eigenvalue weighted by atomic mass is 16.5. The molecule has 0 amide bonds. The van der Waals surface area contributed by atoms with Crippen molar-refractivity contribution in [3.63, 3.8) is 0 Å². The van der Waals surface area contributed by atoms with Crippen LogP contribution >= 0.6 is 0 Å². The zero-order valence-electron chi connectivity index (χ0n) is 16.9. The van der Waals surface area contributed by atoms with Crippen LogP contribution in [0, 0.1) is 0 Å². The lowest BCUT2D eigenvalue weighted by Crippen LogP contribution is -2.24. The quantitative estimate of drug-likeness (QED) is 0.451. The molecule has 1 aromatic heterocycles. The molecule has 2 heterocycles. The van der Waals surface area contributed by atoms with Crippen LogP contribution in [0.15, 0.2) is 60.8 Å². The highest BCUT2D eigenvalue weighted by Crippen LogP contribution is 2.32. The van der Waals surface area contributed by atoms with E-state index >= 15 is 0 Å². The molecule has 1 N–H and O–H groups in total. The molecule has 1 unspecified atom stereocenters. The molecule has 0 radical (unpaired) electrons. The Hall–Kier alpha value is -2.85. The van der Waals surface area contributed by atoms with E-state index in [1.165, 1.54) is 54.6 Å². The van der Waals surface area contributed by atoms with Crippen LogP contribution in [0.5, 0.6) is 0 Å². The summed E-state index contributed by atoms with van der Waals surface area (Å²) < 4.78 is 4.64. The number of para-hydroxylation sites is 1. The predicted octanol–water partition coefficient (Wildman–Crippen LogP) is 5.12. The summed E-state index contributed by atoms with van der Waals surface area (Å²) in [5, 5.41) is 1.35. The normalized spacial score (nSPS) is 17.3. The standard InChI is InChI=1S/C25H28N2O2/c1-29-25(28)15-12-19-10-13-20(14-11-19)24-9-5-17-27(24)16-4-6-21-18-26-23-8-3-2-7-22(21)23/h2-3,7-8,10-15,18,24,26H,4-6,9,16-17H2,1H3/b15-12+. The van der Waals surface area contributed by atoms with Crippen molar-refractivity contribution in [2.75, 3.05) is 20.2 Å². The number of aromatic amines is 1. The number of H-pyrrole nitrogens is 1. The number of nitrogens with one attached hydrogen (secondary N) is 1. The molecule has 29 heavy (non-hydrogen) atoms. The maximum atomic E-state index is 11.2. The molecule has 4 rings (SSSR count). The first-order valence-corrected chi connectivity index (χ1v) is 10.4. The summed E-state index contributed by atoms with van der Waals surface area (Å²) >= 11 is 0. The van der Waals surface area contributed by atoms with E-state index in [9.17, 15) is 4.79 Å². The van der Waals surface area contributed by atoms with Gasteiger partial charge in [0.25, 0.3) is 0 Å². The van der Waals surface area contributed by atoms with Crippen LogP contribution in [0.3, 0.4) is 0 Å². The molecule has 0 saturated carbocycles. The monoisotopic (exact) mass is 388 g/mol. The predicted molar refractivity (Wildman–Crippen MR) is 118 cm³/mol. The minimum atomic E-state index is -0.328. The highest BCUT2D eigenvalue weighted by Gasteiger charge is 2.25. The molecule has 150 valence electrons. The van der Waals surface area contributed by atoms with Gasteiger partial charge >= 0.3 is 5.97 Å². The van der Waals surface area contributed by atoms with Crippen LogP contribution in [0.4, 0.5) is 0 Å². The summed E-state index contributed by atoms with van der Waals surface area (Å²) in [7, 11) is 1.39. The Morgan fingerprint density at radius 3 is 2.86 bits per heavy atom. The second kappa shape index (κ2) is 9.10. The Morgan fingerprint density at radius 1 is 1.21 bits per heavy atom. The molecular weight excluding hydrogens is 360 g/mol. The van der Waals surface area contributed by atoms with Gasteiger partial charge in [-0.15, -0.1) is 0 Å². The molecule has 4 nitrogen and oxygen atoms in total. The number of benzene rings is 2. The summed E-state index contributed by atoms with van der Waals surface area (Å²) in [6.45, 7) is 2.29. The SMILES string of the molecule is COC(=O)/C=C/c1ccc(C2CCCN2CCCc2c[nH]c3ccccc23)cc1. The molecule has 1 atom stereocenters. The van der Waals surface area contributed by atoms with Gasteiger partial charge in [0.1, 0.15) is 0 Å². The molecule has 1 aliphatic rings. The number of likely N-dealkylation sites (tertiary alicyclic amines) is 1. The van der Waals surface area contributed by atoms with E-state index < -0.39 is 0 Å². The number of aromatic nitrogens is 1. The number of esters is 1. The molecule has 1 fully saturated rings. The van der Waals surface area contributed by atoms with Gasteiger partial charge < -0.3 is 9.72 Å². The van der Waals surface area contributed by atoms with Crippen molar-refractivity contribution in [2.45, 2.75) is 31.7 Å². The third-order valence-electron chi connectivity index (χ3n) is 5.86. The lowest BCUT2D eigenvalue weighted by Gasteiger charge is -2.25. The van der Waals surface area contributed by atoms with Gasteiger partial charge in [-0.05, 0) is 67.6 Å². The molecule has 1 aliphatic heterocycles. The van der Waals surface area contributed by atoms with Crippen molar-refractivity contribution >= 4 is 22.9 Å². The molecular formula is C25H28N2O2. The van der Waals surface area contributed by atoms with E-state index in [2.05, 4.69) is 69.3 Å². The van der Waals surface area contributed by atoms with E-state index in [1.807, 2.05) is 0 Å². The van der Waals surface area contributed by atoms with Crippen LogP contribution in [0.25, 0.3) is 17.0 Å². The number of methoxy groups -OCH3 is 1. The lowest BCUT2D eigenvalue weighted by molar-refractivity contribution is -0.134. The minimum absolute atomic E-state index is 0.328. The van der Waals surface area contributed by atoms with Gasteiger partial charge in [0.2, 0.25) is 0 Å². The number of carbonyl (C=O) groups excluding carboxylic acids is 1. The van der Waals surface area contributed by atoms with Crippen LogP contribution in [-0.2, 0) is 16.0 Å². The maximum absolute atomic E-state index is 11.2. The van der Waals surface area contributed by atoms with Crippen LogP contribution in [0.2, 0.25) is 0 Å².